The van der Waals surface area contributed by atoms with Gasteiger partial charge in [0, 0.05) is 19.3 Å². The molecule has 0 spiro atoms. The lowest BCUT2D eigenvalue weighted by molar-refractivity contribution is -0.139. The van der Waals surface area contributed by atoms with E-state index in [0.29, 0.717) is 18.8 Å². The van der Waals surface area contributed by atoms with Gasteiger partial charge in [-0.05, 0) is 36.2 Å². The van der Waals surface area contributed by atoms with Gasteiger partial charge in [-0.3, -0.25) is 9.59 Å². The minimum atomic E-state index is -1.39. The molecule has 0 radical (unpaired) electrons. The zero-order chi connectivity index (χ0) is 30.6. The third-order valence-electron chi connectivity index (χ3n) is 6.67. The van der Waals surface area contributed by atoms with Gasteiger partial charge in [-0.15, -0.1) is 0 Å². The van der Waals surface area contributed by atoms with E-state index in [-0.39, 0.29) is 42.9 Å². The smallest absolute Gasteiger partial charge is 0.410 e. The van der Waals surface area contributed by atoms with Crippen LogP contribution in [0.15, 0.2) is 79.0 Å². The van der Waals surface area contributed by atoms with Crippen molar-refractivity contribution in [1.29, 1.82) is 0 Å². The highest BCUT2D eigenvalue weighted by Gasteiger charge is 2.37. The molecule has 0 saturated carbocycles. The lowest BCUT2D eigenvalue weighted by atomic mass is 10.2. The molecule has 13 heteroatoms. The first-order valence-electron chi connectivity index (χ1n) is 13.6. The monoisotopic (exact) mass is 609 g/mol. The Labute approximate surface area is 253 Å². The molecule has 1 aliphatic rings. The molecule has 3 aromatic rings. The van der Waals surface area contributed by atoms with Crippen molar-refractivity contribution < 1.29 is 33.8 Å². The Morgan fingerprint density at radius 2 is 1.77 bits per heavy atom. The molecule has 3 amide bonds. The summed E-state index contributed by atoms with van der Waals surface area (Å²) in [5.74, 6) is -1.94. The summed E-state index contributed by atoms with van der Waals surface area (Å²) in [5.41, 5.74) is 0.968. The summed E-state index contributed by atoms with van der Waals surface area (Å²) in [4.78, 5) is 55.5. The number of ether oxygens (including phenoxy) is 2. The fourth-order valence-electron chi connectivity index (χ4n) is 4.45. The first kappa shape index (κ1) is 31.3. The second kappa shape index (κ2) is 15.5. The predicted octanol–water partition coefficient (Wildman–Crippen LogP) is 2.94. The SMILES string of the molecule is O=C(CO[C@@H]1C[C@@H](CNc2ccccn2)N(C(=O)OCc2ccccc2)C1)NC[C@H](NC(=O)c1ccccc1Cl)C(=O)O. The van der Waals surface area contributed by atoms with Gasteiger partial charge in [0.15, 0.2) is 0 Å². The number of hydrogen-bond acceptors (Lipinski definition) is 8. The van der Waals surface area contributed by atoms with E-state index in [2.05, 4.69) is 20.9 Å². The molecule has 1 aliphatic heterocycles. The normalized spacial score (nSPS) is 16.6. The largest absolute Gasteiger partial charge is 0.480 e. The molecule has 1 saturated heterocycles. The van der Waals surface area contributed by atoms with Crippen molar-refractivity contribution in [1.82, 2.24) is 20.5 Å². The van der Waals surface area contributed by atoms with Crippen molar-refractivity contribution in [3.05, 3.63) is 95.1 Å². The lowest BCUT2D eigenvalue weighted by Crippen LogP contribution is -2.49. The van der Waals surface area contributed by atoms with Crippen molar-refractivity contribution in [3.8, 4) is 0 Å². The van der Waals surface area contributed by atoms with Crippen LogP contribution in [0.3, 0.4) is 0 Å². The van der Waals surface area contributed by atoms with E-state index in [1.54, 1.807) is 29.3 Å². The molecule has 3 atom stereocenters. The lowest BCUT2D eigenvalue weighted by Gasteiger charge is -2.24. The molecule has 1 fully saturated rings. The summed E-state index contributed by atoms with van der Waals surface area (Å²) in [6.07, 6.45) is 1.11. The number of halogens is 1. The van der Waals surface area contributed by atoms with Crippen LogP contribution in [0.5, 0.6) is 0 Å². The predicted molar refractivity (Wildman–Crippen MR) is 158 cm³/mol. The number of hydrogen-bond donors (Lipinski definition) is 4. The average Bonchev–Trinajstić information content (AvgIpc) is 3.44. The third kappa shape index (κ3) is 9.42. The van der Waals surface area contributed by atoms with E-state index < -0.39 is 36.0 Å². The number of rotatable bonds is 13. The molecule has 226 valence electrons. The van der Waals surface area contributed by atoms with Crippen molar-refractivity contribution in [2.75, 3.05) is 31.6 Å². The quantitative estimate of drug-likeness (QED) is 0.228. The minimum absolute atomic E-state index is 0.113. The fourth-order valence-corrected chi connectivity index (χ4v) is 4.67. The highest BCUT2D eigenvalue weighted by Crippen LogP contribution is 2.22. The summed E-state index contributed by atoms with van der Waals surface area (Å²) >= 11 is 6.02. The van der Waals surface area contributed by atoms with E-state index in [9.17, 15) is 24.3 Å². The zero-order valence-electron chi connectivity index (χ0n) is 23.1. The molecule has 12 nitrogen and oxygen atoms in total. The number of pyridine rings is 1. The fraction of sp³-hybridized carbons (Fsp3) is 0.300. The topological polar surface area (TPSA) is 159 Å². The van der Waals surface area contributed by atoms with Gasteiger partial charge in [0.25, 0.3) is 5.91 Å². The molecular formula is C30H32ClN5O7. The van der Waals surface area contributed by atoms with Gasteiger partial charge in [-0.25, -0.2) is 14.6 Å². The number of amides is 3. The summed E-state index contributed by atoms with van der Waals surface area (Å²) < 4.78 is 11.3. The van der Waals surface area contributed by atoms with Gasteiger partial charge in [0.05, 0.1) is 29.3 Å². The summed E-state index contributed by atoms with van der Waals surface area (Å²) in [6, 6.07) is 19.3. The average molecular weight is 610 g/mol. The highest BCUT2D eigenvalue weighted by atomic mass is 35.5. The van der Waals surface area contributed by atoms with Crippen molar-refractivity contribution >= 4 is 41.3 Å². The van der Waals surface area contributed by atoms with Crippen LogP contribution >= 0.6 is 11.6 Å². The third-order valence-corrected chi connectivity index (χ3v) is 7.00. The number of anilines is 1. The molecule has 4 rings (SSSR count). The molecule has 1 aromatic heterocycles. The van der Waals surface area contributed by atoms with Gasteiger partial charge in [0.2, 0.25) is 5.91 Å². The van der Waals surface area contributed by atoms with E-state index >= 15 is 0 Å². The summed E-state index contributed by atoms with van der Waals surface area (Å²) in [6.45, 7) is -0.0476. The van der Waals surface area contributed by atoms with Crippen LogP contribution in [0.1, 0.15) is 22.3 Å². The standard InChI is InChI=1S/C30H32ClN5O7/c31-24-11-5-4-10-23(24)28(38)35-25(29(39)40)16-34-27(37)19-42-22-14-21(15-33-26-12-6-7-13-32-26)36(17-22)30(41)43-18-20-8-2-1-3-9-20/h1-13,21-22,25H,14-19H2,(H,32,33)(H,34,37)(H,35,38)(H,39,40)/t21-,22+,25-/m0/s1. The molecular weight excluding hydrogens is 578 g/mol. The van der Waals surface area contributed by atoms with Gasteiger partial charge < -0.3 is 35.4 Å². The molecule has 43 heavy (non-hydrogen) atoms. The van der Waals surface area contributed by atoms with Crippen LogP contribution in [-0.4, -0.2) is 83.3 Å². The number of carbonyl (C=O) groups is 4. The first-order valence-corrected chi connectivity index (χ1v) is 14.0. The number of nitrogens with zero attached hydrogens (tertiary/aromatic N) is 2. The Bertz CT molecular complexity index is 1400. The summed E-state index contributed by atoms with van der Waals surface area (Å²) in [5, 5.41) is 17.7. The van der Waals surface area contributed by atoms with Crippen LogP contribution in [0.2, 0.25) is 5.02 Å². The number of aliphatic carboxylic acids is 1. The van der Waals surface area contributed by atoms with Crippen LogP contribution in [-0.2, 0) is 25.7 Å². The van der Waals surface area contributed by atoms with Crippen LogP contribution in [0.4, 0.5) is 10.6 Å². The number of carbonyl (C=O) groups excluding carboxylic acids is 3. The number of likely N-dealkylation sites (tertiary alicyclic amines) is 1. The second-order valence-electron chi connectivity index (χ2n) is 9.76. The van der Waals surface area contributed by atoms with Crippen LogP contribution in [0, 0.1) is 0 Å². The van der Waals surface area contributed by atoms with E-state index in [1.165, 1.54) is 12.1 Å². The molecule has 0 aliphatic carbocycles. The van der Waals surface area contributed by atoms with Crippen molar-refractivity contribution in [2.24, 2.45) is 0 Å². The molecule has 0 unspecified atom stereocenters. The van der Waals surface area contributed by atoms with Crippen LogP contribution < -0.4 is 16.0 Å². The van der Waals surface area contributed by atoms with E-state index in [4.69, 9.17) is 21.1 Å². The Morgan fingerprint density at radius 1 is 1.02 bits per heavy atom. The molecule has 2 heterocycles. The van der Waals surface area contributed by atoms with Gasteiger partial charge >= 0.3 is 12.1 Å². The number of benzene rings is 2. The van der Waals surface area contributed by atoms with Crippen molar-refractivity contribution in [2.45, 2.75) is 31.2 Å². The Kier molecular flexibility index (Phi) is 11.3. The van der Waals surface area contributed by atoms with Crippen LogP contribution in [0.25, 0.3) is 0 Å². The highest BCUT2D eigenvalue weighted by molar-refractivity contribution is 6.33. The number of nitrogens with one attached hydrogen (secondary N) is 3. The first-order chi connectivity index (χ1) is 20.8. The van der Waals surface area contributed by atoms with E-state index in [0.717, 1.165) is 5.56 Å². The maximum absolute atomic E-state index is 13.0. The Balaban J connectivity index is 1.29. The maximum Gasteiger partial charge on any atom is 0.410 e. The molecule has 0 bridgehead atoms. The number of carboxylic acids is 1. The second-order valence-corrected chi connectivity index (χ2v) is 10.2. The Hall–Kier alpha value is -4.68. The van der Waals surface area contributed by atoms with Gasteiger partial charge in [-0.2, -0.15) is 0 Å². The van der Waals surface area contributed by atoms with Gasteiger partial charge in [-0.1, -0.05) is 60.1 Å². The van der Waals surface area contributed by atoms with Gasteiger partial charge in [0.1, 0.15) is 25.1 Å². The number of carboxylic acid groups (broad SMARTS) is 1. The Morgan fingerprint density at radius 3 is 2.49 bits per heavy atom. The van der Waals surface area contributed by atoms with Crippen molar-refractivity contribution in [3.63, 3.8) is 0 Å². The minimum Gasteiger partial charge on any atom is -0.480 e. The molecule has 2 aromatic carbocycles. The summed E-state index contributed by atoms with van der Waals surface area (Å²) in [7, 11) is 0. The molecule has 4 N–H and O–H groups in total. The maximum atomic E-state index is 13.0. The zero-order valence-corrected chi connectivity index (χ0v) is 23.9. The number of aromatic nitrogens is 1. The van der Waals surface area contributed by atoms with E-state index in [1.807, 2.05) is 42.5 Å².